The van der Waals surface area contributed by atoms with Crippen LogP contribution in [0.3, 0.4) is 0 Å². The minimum Gasteiger partial charge on any atom is -0.415 e. The highest BCUT2D eigenvalue weighted by Crippen LogP contribution is 2.25. The zero-order valence-electron chi connectivity index (χ0n) is 16.0. The molecule has 1 atom stereocenters. The number of carbonyl (C=O) groups is 1. The molecule has 1 amide bonds. The zero-order chi connectivity index (χ0) is 19.1. The number of amides is 1. The summed E-state index contributed by atoms with van der Waals surface area (Å²) in [5.41, 5.74) is 2.43. The monoisotopic (exact) mass is 393 g/mol. The average molecular weight is 394 g/mol. The molecular formula is C19H27N3O2S2. The van der Waals surface area contributed by atoms with E-state index >= 15 is 0 Å². The zero-order valence-corrected chi connectivity index (χ0v) is 17.6. The van der Waals surface area contributed by atoms with Crippen LogP contribution >= 0.6 is 23.5 Å². The smallest absolute Gasteiger partial charge is 0.277 e. The summed E-state index contributed by atoms with van der Waals surface area (Å²) in [7, 11) is 0. The van der Waals surface area contributed by atoms with Gasteiger partial charge in [-0.2, -0.15) is 11.8 Å². The van der Waals surface area contributed by atoms with Crippen molar-refractivity contribution in [3.8, 4) is 0 Å². The van der Waals surface area contributed by atoms with E-state index in [1.807, 2.05) is 6.26 Å². The van der Waals surface area contributed by atoms with Crippen molar-refractivity contribution in [2.24, 2.45) is 5.92 Å². The second kappa shape index (κ2) is 10.0. The molecule has 1 heterocycles. The Balaban J connectivity index is 1.94. The molecule has 2 rings (SSSR count). The van der Waals surface area contributed by atoms with Crippen molar-refractivity contribution in [1.82, 2.24) is 15.5 Å². The minimum absolute atomic E-state index is 0.0148. The summed E-state index contributed by atoms with van der Waals surface area (Å²) in [5.74, 6) is 2.29. The lowest BCUT2D eigenvalue weighted by Crippen LogP contribution is -2.33. The van der Waals surface area contributed by atoms with Gasteiger partial charge in [0.15, 0.2) is 0 Å². The number of nitrogens with zero attached hydrogens (tertiary/aromatic N) is 2. The number of hydrogen-bond acceptors (Lipinski definition) is 6. The maximum Gasteiger partial charge on any atom is 0.277 e. The summed E-state index contributed by atoms with van der Waals surface area (Å²) in [6.07, 6.45) is 1.98. The van der Waals surface area contributed by atoms with E-state index in [4.69, 9.17) is 4.42 Å². The fraction of sp³-hybridized carbons (Fsp3) is 0.526. The summed E-state index contributed by atoms with van der Waals surface area (Å²) in [4.78, 5) is 12.4. The van der Waals surface area contributed by atoms with E-state index in [2.05, 4.69) is 67.5 Å². The molecule has 0 spiro atoms. The summed E-state index contributed by atoms with van der Waals surface area (Å²) in [5, 5.41) is 11.5. The molecule has 0 saturated heterocycles. The van der Waals surface area contributed by atoms with Gasteiger partial charge in [-0.1, -0.05) is 63.7 Å². The molecule has 1 N–H and O–H groups in total. The SMILES string of the molecule is CSCc1nnc(SCC(=O)N[C@H](c2ccc(C(C)C)cc2)C(C)C)o1. The van der Waals surface area contributed by atoms with E-state index < -0.39 is 0 Å². The molecule has 0 bridgehead atoms. The molecule has 1 aromatic carbocycles. The van der Waals surface area contributed by atoms with Crippen molar-refractivity contribution >= 4 is 29.4 Å². The van der Waals surface area contributed by atoms with E-state index in [1.54, 1.807) is 11.8 Å². The van der Waals surface area contributed by atoms with Crippen molar-refractivity contribution in [3.05, 3.63) is 41.3 Å². The predicted molar refractivity (Wildman–Crippen MR) is 108 cm³/mol. The van der Waals surface area contributed by atoms with Gasteiger partial charge in [-0.05, 0) is 29.2 Å². The lowest BCUT2D eigenvalue weighted by Gasteiger charge is -2.23. The number of nitrogens with one attached hydrogen (secondary N) is 1. The number of aromatic nitrogens is 2. The highest BCUT2D eigenvalue weighted by molar-refractivity contribution is 7.99. The lowest BCUT2D eigenvalue weighted by molar-refractivity contribution is -0.119. The summed E-state index contributed by atoms with van der Waals surface area (Å²) in [6.45, 7) is 8.58. The summed E-state index contributed by atoms with van der Waals surface area (Å²) < 4.78 is 5.49. The molecule has 0 aliphatic heterocycles. The first-order valence-corrected chi connectivity index (χ1v) is 11.1. The van der Waals surface area contributed by atoms with Gasteiger partial charge in [-0.3, -0.25) is 4.79 Å². The van der Waals surface area contributed by atoms with Crippen LogP contribution in [0.5, 0.6) is 0 Å². The number of rotatable bonds is 9. The molecule has 7 heteroatoms. The van der Waals surface area contributed by atoms with E-state index in [9.17, 15) is 4.79 Å². The molecule has 26 heavy (non-hydrogen) atoms. The van der Waals surface area contributed by atoms with Crippen LogP contribution in [0.1, 0.15) is 56.7 Å². The van der Waals surface area contributed by atoms with Gasteiger partial charge < -0.3 is 9.73 Å². The second-order valence-electron chi connectivity index (χ2n) is 6.79. The van der Waals surface area contributed by atoms with Gasteiger partial charge in [0.25, 0.3) is 5.22 Å². The van der Waals surface area contributed by atoms with Gasteiger partial charge in [0.2, 0.25) is 11.8 Å². The first-order valence-electron chi connectivity index (χ1n) is 8.74. The standard InChI is InChI=1S/C19H27N3O2S2/c1-12(2)14-6-8-15(9-7-14)18(13(3)4)20-16(23)10-26-19-22-21-17(24-19)11-25-5/h6-9,12-13,18H,10-11H2,1-5H3,(H,20,23)/t18-/m0/s1. The third-order valence-corrected chi connectivity index (χ3v) is 5.34. The van der Waals surface area contributed by atoms with Gasteiger partial charge >= 0.3 is 0 Å². The average Bonchev–Trinajstić information content (AvgIpc) is 3.05. The minimum atomic E-state index is -0.0359. The molecule has 142 valence electrons. The van der Waals surface area contributed by atoms with Crippen LogP contribution in [0.4, 0.5) is 0 Å². The Kier molecular flexibility index (Phi) is 8.03. The fourth-order valence-corrected chi connectivity index (χ4v) is 3.50. The molecule has 5 nitrogen and oxygen atoms in total. The largest absolute Gasteiger partial charge is 0.415 e. The van der Waals surface area contributed by atoms with Crippen LogP contribution in [0, 0.1) is 5.92 Å². The van der Waals surface area contributed by atoms with Gasteiger partial charge in [-0.15, -0.1) is 10.2 Å². The van der Waals surface area contributed by atoms with Crippen molar-refractivity contribution in [3.63, 3.8) is 0 Å². The summed E-state index contributed by atoms with van der Waals surface area (Å²) >= 11 is 2.89. The Hall–Kier alpha value is -1.47. The normalized spacial score (nSPS) is 12.6. The van der Waals surface area contributed by atoms with Crippen molar-refractivity contribution in [2.45, 2.75) is 50.6 Å². The highest BCUT2D eigenvalue weighted by Gasteiger charge is 2.19. The Labute approximate surface area is 164 Å². The second-order valence-corrected chi connectivity index (χ2v) is 8.59. The predicted octanol–water partition coefficient (Wildman–Crippen LogP) is 4.66. The third-order valence-electron chi connectivity index (χ3n) is 3.99. The quantitative estimate of drug-likeness (QED) is 0.625. The van der Waals surface area contributed by atoms with Crippen molar-refractivity contribution < 1.29 is 9.21 Å². The molecule has 2 aromatic rings. The Morgan fingerprint density at radius 2 is 1.77 bits per heavy atom. The van der Waals surface area contributed by atoms with E-state index in [0.29, 0.717) is 28.7 Å². The van der Waals surface area contributed by atoms with Gasteiger partial charge in [-0.25, -0.2) is 0 Å². The van der Waals surface area contributed by atoms with Crippen LogP contribution in [-0.4, -0.2) is 28.1 Å². The van der Waals surface area contributed by atoms with Crippen LogP contribution in [-0.2, 0) is 10.5 Å². The third kappa shape index (κ3) is 6.06. The Morgan fingerprint density at radius 1 is 1.12 bits per heavy atom. The lowest BCUT2D eigenvalue weighted by atomic mass is 9.93. The molecule has 0 aliphatic rings. The number of thioether (sulfide) groups is 2. The van der Waals surface area contributed by atoms with E-state index in [-0.39, 0.29) is 17.7 Å². The molecule has 0 fully saturated rings. The van der Waals surface area contributed by atoms with E-state index in [1.165, 1.54) is 17.3 Å². The highest BCUT2D eigenvalue weighted by atomic mass is 32.2. The molecule has 0 saturated carbocycles. The first-order chi connectivity index (χ1) is 12.4. The van der Waals surface area contributed by atoms with Crippen molar-refractivity contribution in [1.29, 1.82) is 0 Å². The fourth-order valence-electron chi connectivity index (χ4n) is 2.54. The molecular weight excluding hydrogens is 366 g/mol. The molecule has 0 unspecified atom stereocenters. The molecule has 0 radical (unpaired) electrons. The number of benzene rings is 1. The van der Waals surface area contributed by atoms with Gasteiger partial charge in [0, 0.05) is 0 Å². The van der Waals surface area contributed by atoms with Gasteiger partial charge in [0.05, 0.1) is 17.5 Å². The van der Waals surface area contributed by atoms with Crippen LogP contribution in [0.15, 0.2) is 33.9 Å². The van der Waals surface area contributed by atoms with E-state index in [0.717, 1.165) is 5.56 Å². The molecule has 0 aliphatic carbocycles. The maximum absolute atomic E-state index is 12.4. The number of carbonyl (C=O) groups excluding carboxylic acids is 1. The topological polar surface area (TPSA) is 68.0 Å². The van der Waals surface area contributed by atoms with Crippen LogP contribution in [0.25, 0.3) is 0 Å². The number of hydrogen-bond donors (Lipinski definition) is 1. The Bertz CT molecular complexity index is 699. The van der Waals surface area contributed by atoms with Gasteiger partial charge in [0.1, 0.15) is 0 Å². The van der Waals surface area contributed by atoms with Crippen LogP contribution < -0.4 is 5.32 Å². The Morgan fingerprint density at radius 3 is 2.35 bits per heavy atom. The molecule has 1 aromatic heterocycles. The van der Waals surface area contributed by atoms with Crippen LogP contribution in [0.2, 0.25) is 0 Å². The first kappa shape index (κ1) is 20.8. The maximum atomic E-state index is 12.4. The summed E-state index contributed by atoms with van der Waals surface area (Å²) in [6, 6.07) is 8.49. The van der Waals surface area contributed by atoms with Crippen molar-refractivity contribution in [2.75, 3.05) is 12.0 Å².